The molecule has 0 unspecified atom stereocenters. The van der Waals surface area contributed by atoms with Gasteiger partial charge in [-0.2, -0.15) is 10.1 Å². The molecule has 0 atom stereocenters. The number of nitrogens with one attached hydrogen (secondary N) is 2. The molecular weight excluding hydrogens is 350 g/mol. The van der Waals surface area contributed by atoms with Crippen molar-refractivity contribution in [3.8, 4) is 0 Å². The van der Waals surface area contributed by atoms with Gasteiger partial charge in [0.15, 0.2) is 11.2 Å². The molecule has 0 spiro atoms. The zero-order valence-corrected chi connectivity index (χ0v) is 15.3. The summed E-state index contributed by atoms with van der Waals surface area (Å²) in [6.45, 7) is 1.44. The fourth-order valence-electron chi connectivity index (χ4n) is 2.64. The zero-order valence-electron chi connectivity index (χ0n) is 15.3. The number of rotatable bonds is 4. The second-order valence-corrected chi connectivity index (χ2v) is 6.05. The summed E-state index contributed by atoms with van der Waals surface area (Å²) >= 11 is 0. The number of anilines is 2. The van der Waals surface area contributed by atoms with Crippen LogP contribution in [0.4, 0.5) is 11.6 Å². The summed E-state index contributed by atoms with van der Waals surface area (Å²) in [5.74, 6) is 0.190. The lowest BCUT2D eigenvalue weighted by atomic mass is 10.2. The summed E-state index contributed by atoms with van der Waals surface area (Å²) in [7, 11) is 4.65. The molecule has 0 fully saturated rings. The highest BCUT2D eigenvalue weighted by molar-refractivity contribution is 5.89. The van der Waals surface area contributed by atoms with Gasteiger partial charge in [-0.05, 0) is 17.7 Å². The molecule has 27 heavy (non-hydrogen) atoms. The van der Waals surface area contributed by atoms with Crippen LogP contribution in [0.15, 0.2) is 39.0 Å². The smallest absolute Gasteiger partial charge is 0.326 e. The van der Waals surface area contributed by atoms with E-state index in [1.807, 2.05) is 0 Å². The molecule has 0 saturated carbocycles. The molecule has 0 aliphatic carbocycles. The minimum Gasteiger partial charge on any atom is -0.326 e. The fraction of sp³-hybridized carbons (Fsp3) is 0.235. The normalized spacial score (nSPS) is 11.3. The number of aromatic nitrogens is 4. The van der Waals surface area contributed by atoms with Crippen molar-refractivity contribution in [3.63, 3.8) is 0 Å². The molecule has 10 nitrogen and oxygen atoms in total. The number of hydrogen-bond donors (Lipinski definition) is 2. The summed E-state index contributed by atoms with van der Waals surface area (Å²) in [5.41, 5.74) is 3.99. The second kappa shape index (κ2) is 6.90. The van der Waals surface area contributed by atoms with Crippen molar-refractivity contribution in [2.75, 3.05) is 10.7 Å². The highest BCUT2D eigenvalue weighted by Gasteiger charge is 2.16. The molecule has 0 saturated heterocycles. The molecule has 3 aromatic rings. The van der Waals surface area contributed by atoms with E-state index >= 15 is 0 Å². The minimum atomic E-state index is -0.445. The number of carbonyl (C=O) groups is 1. The largest absolute Gasteiger partial charge is 0.332 e. The van der Waals surface area contributed by atoms with Crippen LogP contribution in [-0.4, -0.2) is 30.8 Å². The predicted molar refractivity (Wildman–Crippen MR) is 103 cm³/mol. The Kier molecular flexibility index (Phi) is 4.63. The van der Waals surface area contributed by atoms with Crippen LogP contribution in [0.25, 0.3) is 11.2 Å². The number of amides is 1. The van der Waals surface area contributed by atoms with Crippen molar-refractivity contribution in [3.05, 3.63) is 50.7 Å². The van der Waals surface area contributed by atoms with Crippen LogP contribution in [0.2, 0.25) is 0 Å². The van der Waals surface area contributed by atoms with Gasteiger partial charge in [-0.1, -0.05) is 12.1 Å². The number of fused-ring (bicyclic) bond motifs is 1. The lowest BCUT2D eigenvalue weighted by Crippen LogP contribution is -2.37. The molecule has 1 aromatic carbocycles. The summed E-state index contributed by atoms with van der Waals surface area (Å²) in [6.07, 6.45) is 1.58. The van der Waals surface area contributed by atoms with E-state index in [0.29, 0.717) is 17.2 Å². The monoisotopic (exact) mass is 369 g/mol. The third-order valence-corrected chi connectivity index (χ3v) is 4.08. The van der Waals surface area contributed by atoms with E-state index in [1.165, 1.54) is 18.5 Å². The molecule has 3 rings (SSSR count). The quantitative estimate of drug-likeness (QED) is 0.509. The van der Waals surface area contributed by atoms with Gasteiger partial charge in [0.05, 0.1) is 6.21 Å². The molecular formula is C17H19N7O3. The minimum absolute atomic E-state index is 0.138. The Morgan fingerprint density at radius 3 is 2.37 bits per heavy atom. The Morgan fingerprint density at radius 2 is 1.74 bits per heavy atom. The van der Waals surface area contributed by atoms with Crippen LogP contribution in [0.3, 0.4) is 0 Å². The van der Waals surface area contributed by atoms with E-state index in [9.17, 15) is 14.4 Å². The van der Waals surface area contributed by atoms with Crippen molar-refractivity contribution < 1.29 is 4.79 Å². The standard InChI is InChI=1S/C17H19N7O3/c1-10(25)19-12-7-5-11(6-8-12)9-18-21-16-20-14-13(22(16)2)15(26)24(4)17(27)23(14)3/h5-9H,1-4H3,(H,19,25)(H,20,21). The molecule has 2 heterocycles. The van der Waals surface area contributed by atoms with Crippen LogP contribution >= 0.6 is 0 Å². The van der Waals surface area contributed by atoms with Crippen LogP contribution in [0.1, 0.15) is 12.5 Å². The van der Waals surface area contributed by atoms with E-state index in [2.05, 4.69) is 20.8 Å². The van der Waals surface area contributed by atoms with Crippen molar-refractivity contribution >= 4 is 34.9 Å². The first kappa shape index (κ1) is 18.1. The molecule has 2 N–H and O–H groups in total. The number of hydrazone groups is 1. The fourth-order valence-corrected chi connectivity index (χ4v) is 2.64. The van der Waals surface area contributed by atoms with Gasteiger partial charge in [-0.25, -0.2) is 10.2 Å². The number of benzene rings is 1. The first-order valence-electron chi connectivity index (χ1n) is 8.08. The van der Waals surface area contributed by atoms with E-state index < -0.39 is 11.2 Å². The van der Waals surface area contributed by atoms with Gasteiger partial charge in [0.2, 0.25) is 11.9 Å². The van der Waals surface area contributed by atoms with Crippen molar-refractivity contribution in [1.82, 2.24) is 18.7 Å². The van der Waals surface area contributed by atoms with Gasteiger partial charge in [-0.3, -0.25) is 18.7 Å². The van der Waals surface area contributed by atoms with E-state index in [1.54, 1.807) is 49.1 Å². The Bertz CT molecular complexity index is 1170. The van der Waals surface area contributed by atoms with Crippen molar-refractivity contribution in [2.45, 2.75) is 6.92 Å². The number of imidazole rings is 1. The van der Waals surface area contributed by atoms with Gasteiger partial charge in [-0.15, -0.1) is 0 Å². The zero-order chi connectivity index (χ0) is 19.7. The number of carbonyl (C=O) groups excluding carboxylic acids is 1. The van der Waals surface area contributed by atoms with E-state index in [0.717, 1.165) is 10.1 Å². The first-order chi connectivity index (χ1) is 12.8. The first-order valence-corrected chi connectivity index (χ1v) is 8.08. The second-order valence-electron chi connectivity index (χ2n) is 6.05. The highest BCUT2D eigenvalue weighted by atomic mass is 16.2. The molecule has 0 aliphatic heterocycles. The SMILES string of the molecule is CC(=O)Nc1ccc(C=NNc2nc3c(c(=O)n(C)c(=O)n3C)n2C)cc1. The summed E-state index contributed by atoms with van der Waals surface area (Å²) in [4.78, 5) is 39.7. The van der Waals surface area contributed by atoms with Crippen LogP contribution in [0.5, 0.6) is 0 Å². The topological polar surface area (TPSA) is 115 Å². The molecule has 10 heteroatoms. The predicted octanol–water partition coefficient (Wildman–Crippen LogP) is 0.375. The lowest BCUT2D eigenvalue weighted by molar-refractivity contribution is -0.114. The third kappa shape index (κ3) is 3.36. The molecule has 0 bridgehead atoms. The van der Waals surface area contributed by atoms with Gasteiger partial charge < -0.3 is 9.88 Å². The van der Waals surface area contributed by atoms with Crippen LogP contribution < -0.4 is 22.0 Å². The maximum Gasteiger partial charge on any atom is 0.332 e. The van der Waals surface area contributed by atoms with Crippen molar-refractivity contribution in [2.24, 2.45) is 26.2 Å². The van der Waals surface area contributed by atoms with E-state index in [-0.39, 0.29) is 11.6 Å². The van der Waals surface area contributed by atoms with Crippen LogP contribution in [0, 0.1) is 0 Å². The number of hydrogen-bond acceptors (Lipinski definition) is 6. The number of nitrogens with zero attached hydrogens (tertiary/aromatic N) is 5. The maximum atomic E-state index is 12.3. The third-order valence-electron chi connectivity index (χ3n) is 4.08. The average molecular weight is 369 g/mol. The summed E-state index contributed by atoms with van der Waals surface area (Å²) in [6, 6.07) is 7.12. The molecule has 0 aliphatic rings. The summed E-state index contributed by atoms with van der Waals surface area (Å²) < 4.78 is 3.90. The Balaban J connectivity index is 1.86. The average Bonchev–Trinajstić information content (AvgIpc) is 2.96. The number of aryl methyl sites for hydroxylation is 2. The molecule has 1 amide bonds. The van der Waals surface area contributed by atoms with Gasteiger partial charge in [0.25, 0.3) is 5.56 Å². The van der Waals surface area contributed by atoms with Gasteiger partial charge in [0.1, 0.15) is 0 Å². The Labute approximate surface area is 153 Å². The van der Waals surface area contributed by atoms with Gasteiger partial charge in [0, 0.05) is 33.8 Å². The van der Waals surface area contributed by atoms with E-state index in [4.69, 9.17) is 0 Å². The molecule has 140 valence electrons. The Hall–Kier alpha value is -3.69. The Morgan fingerprint density at radius 1 is 1.07 bits per heavy atom. The maximum absolute atomic E-state index is 12.3. The highest BCUT2D eigenvalue weighted by Crippen LogP contribution is 2.13. The summed E-state index contributed by atoms with van der Waals surface area (Å²) in [5, 5.41) is 6.80. The van der Waals surface area contributed by atoms with Crippen LogP contribution in [-0.2, 0) is 25.9 Å². The van der Waals surface area contributed by atoms with Gasteiger partial charge >= 0.3 is 5.69 Å². The molecule has 2 aromatic heterocycles. The molecule has 0 radical (unpaired) electrons. The van der Waals surface area contributed by atoms with Crippen molar-refractivity contribution in [1.29, 1.82) is 0 Å². The lowest BCUT2D eigenvalue weighted by Gasteiger charge is -2.03.